The highest BCUT2D eigenvalue weighted by Gasteiger charge is 2.69. The summed E-state index contributed by atoms with van der Waals surface area (Å²) in [6.45, 7) is 2.47. The van der Waals surface area contributed by atoms with E-state index in [4.69, 9.17) is 32.7 Å². The first-order valence-electron chi connectivity index (χ1n) is 8.79. The molecular formula is C20H21Cl2NO3S. The van der Waals surface area contributed by atoms with Gasteiger partial charge in [0.25, 0.3) is 0 Å². The van der Waals surface area contributed by atoms with Crippen molar-refractivity contribution in [2.24, 2.45) is 5.41 Å². The van der Waals surface area contributed by atoms with Crippen LogP contribution < -0.4 is 9.47 Å². The average molecular weight is 426 g/mol. The number of halogens is 2. The number of thiophene rings is 1. The number of hydrogen-bond acceptors (Lipinski definition) is 4. The van der Waals surface area contributed by atoms with Gasteiger partial charge in [0.15, 0.2) is 11.5 Å². The predicted molar refractivity (Wildman–Crippen MR) is 108 cm³/mol. The number of hydrogen-bond donors (Lipinski definition) is 0. The molecule has 0 saturated heterocycles. The Morgan fingerprint density at radius 3 is 2.48 bits per heavy atom. The van der Waals surface area contributed by atoms with Gasteiger partial charge in [-0.05, 0) is 54.5 Å². The van der Waals surface area contributed by atoms with E-state index in [9.17, 15) is 4.79 Å². The topological polar surface area (TPSA) is 38.8 Å². The zero-order valence-corrected chi connectivity index (χ0v) is 17.7. The molecule has 0 N–H and O–H groups in total. The summed E-state index contributed by atoms with van der Waals surface area (Å²) in [5, 5.41) is 2.03. The lowest BCUT2D eigenvalue weighted by molar-refractivity contribution is -0.138. The van der Waals surface area contributed by atoms with E-state index >= 15 is 0 Å². The minimum Gasteiger partial charge on any atom is -0.493 e. The van der Waals surface area contributed by atoms with Gasteiger partial charge in [0.05, 0.1) is 25.7 Å². The number of alkyl halides is 2. The van der Waals surface area contributed by atoms with Gasteiger partial charge in [0.2, 0.25) is 5.91 Å². The molecule has 1 aliphatic carbocycles. The summed E-state index contributed by atoms with van der Waals surface area (Å²) in [4.78, 5) is 16.4. The van der Waals surface area contributed by atoms with Gasteiger partial charge >= 0.3 is 0 Å². The number of carbonyl (C=O) groups excluding carboxylic acids is 1. The van der Waals surface area contributed by atoms with Crippen molar-refractivity contribution >= 4 is 40.4 Å². The second-order valence-electron chi connectivity index (χ2n) is 7.29. The van der Waals surface area contributed by atoms with Gasteiger partial charge < -0.3 is 14.4 Å². The summed E-state index contributed by atoms with van der Waals surface area (Å²) in [5.74, 6) is 1.37. The fourth-order valence-electron chi connectivity index (χ4n) is 3.87. The summed E-state index contributed by atoms with van der Waals surface area (Å²) in [5.41, 5.74) is 1.49. The van der Waals surface area contributed by atoms with Crippen molar-refractivity contribution in [3.05, 3.63) is 45.6 Å². The third-order valence-electron chi connectivity index (χ3n) is 5.68. The first kappa shape index (κ1) is 18.9. The lowest BCUT2D eigenvalue weighted by Crippen LogP contribution is -2.44. The van der Waals surface area contributed by atoms with Crippen LogP contribution in [0, 0.1) is 5.41 Å². The molecule has 2 aliphatic rings. The minimum atomic E-state index is -0.984. The second kappa shape index (κ2) is 6.57. The highest BCUT2D eigenvalue weighted by molar-refractivity contribution is 7.10. The Labute approximate surface area is 173 Å². The van der Waals surface area contributed by atoms with Crippen LogP contribution in [0.3, 0.4) is 0 Å². The van der Waals surface area contributed by atoms with E-state index in [2.05, 4.69) is 6.07 Å². The van der Waals surface area contributed by atoms with Crippen LogP contribution in [0.25, 0.3) is 0 Å². The molecule has 1 saturated carbocycles. The Morgan fingerprint density at radius 1 is 1.26 bits per heavy atom. The number of carbonyl (C=O) groups is 1. The number of fused-ring (bicyclic) bond motifs is 1. The van der Waals surface area contributed by atoms with Gasteiger partial charge in [-0.1, -0.05) is 6.07 Å². The fourth-order valence-corrected chi connectivity index (χ4v) is 5.42. The number of nitrogens with zero attached hydrogens (tertiary/aromatic N) is 1. The molecule has 1 amide bonds. The van der Waals surface area contributed by atoms with E-state index < -0.39 is 9.75 Å². The monoisotopic (exact) mass is 425 g/mol. The van der Waals surface area contributed by atoms with Gasteiger partial charge in [-0.25, -0.2) is 0 Å². The quantitative estimate of drug-likeness (QED) is 0.658. The number of rotatable bonds is 4. The van der Waals surface area contributed by atoms with E-state index in [0.717, 1.165) is 16.9 Å². The molecule has 2 heterocycles. The first-order valence-corrected chi connectivity index (χ1v) is 10.4. The number of amides is 1. The van der Waals surface area contributed by atoms with E-state index in [1.165, 1.54) is 5.56 Å². The summed E-state index contributed by atoms with van der Waals surface area (Å²) < 4.78 is 9.98. The number of methoxy groups -OCH3 is 2. The summed E-state index contributed by atoms with van der Waals surface area (Å²) in [6.07, 6.45) is 1.23. The van der Waals surface area contributed by atoms with Crippen molar-refractivity contribution in [2.75, 3.05) is 20.8 Å². The van der Waals surface area contributed by atoms with Crippen LogP contribution in [-0.2, 0) is 11.2 Å². The predicted octanol–water partition coefficient (Wildman–Crippen LogP) is 4.82. The molecule has 0 bridgehead atoms. The molecule has 0 spiro atoms. The highest BCUT2D eigenvalue weighted by Crippen LogP contribution is 2.65. The van der Waals surface area contributed by atoms with Crippen LogP contribution in [0.15, 0.2) is 29.6 Å². The summed E-state index contributed by atoms with van der Waals surface area (Å²) in [7, 11) is 3.25. The molecular weight excluding hydrogens is 405 g/mol. The minimum absolute atomic E-state index is 0.00587. The molecule has 2 unspecified atom stereocenters. The molecule has 144 valence electrons. The maximum Gasteiger partial charge on any atom is 0.232 e. The Morgan fingerprint density at radius 2 is 1.93 bits per heavy atom. The average Bonchev–Trinajstić information content (AvgIpc) is 3.03. The smallest absolute Gasteiger partial charge is 0.232 e. The van der Waals surface area contributed by atoms with Crippen LogP contribution in [0.2, 0.25) is 0 Å². The van der Waals surface area contributed by atoms with Crippen LogP contribution in [0.4, 0.5) is 0 Å². The zero-order valence-electron chi connectivity index (χ0n) is 15.4. The van der Waals surface area contributed by atoms with Crippen LogP contribution in [0.5, 0.6) is 11.5 Å². The fraction of sp³-hybridized carbons (Fsp3) is 0.450. The van der Waals surface area contributed by atoms with Crippen molar-refractivity contribution < 1.29 is 14.3 Å². The number of ether oxygens (including phenoxy) is 2. The number of benzene rings is 1. The van der Waals surface area contributed by atoms with Crippen molar-refractivity contribution in [1.82, 2.24) is 4.90 Å². The molecule has 2 atom stereocenters. The van der Waals surface area contributed by atoms with Crippen LogP contribution in [0.1, 0.15) is 35.4 Å². The molecule has 1 aromatic heterocycles. The second-order valence-corrected chi connectivity index (χ2v) is 9.75. The Balaban J connectivity index is 1.81. The van der Waals surface area contributed by atoms with Gasteiger partial charge in [-0.15, -0.1) is 34.5 Å². The third kappa shape index (κ3) is 2.91. The van der Waals surface area contributed by atoms with Crippen molar-refractivity contribution in [3.8, 4) is 11.5 Å². The van der Waals surface area contributed by atoms with Gasteiger partial charge in [0.1, 0.15) is 4.33 Å². The van der Waals surface area contributed by atoms with E-state index in [-0.39, 0.29) is 11.9 Å². The molecule has 1 fully saturated rings. The van der Waals surface area contributed by atoms with Crippen molar-refractivity contribution in [3.63, 3.8) is 0 Å². The molecule has 1 aliphatic heterocycles. The van der Waals surface area contributed by atoms with Crippen molar-refractivity contribution in [1.29, 1.82) is 0 Å². The molecule has 4 rings (SSSR count). The van der Waals surface area contributed by atoms with Crippen molar-refractivity contribution in [2.45, 2.75) is 30.1 Å². The van der Waals surface area contributed by atoms with Crippen LogP contribution in [-0.4, -0.2) is 35.9 Å². The zero-order chi connectivity index (χ0) is 19.4. The van der Waals surface area contributed by atoms with E-state index in [0.29, 0.717) is 24.5 Å². The SMILES string of the molecule is COc1cc2c(cc1OC)C(c1cccs1)N(C(=O)C1(C)CC1(Cl)Cl)CC2. The lowest BCUT2D eigenvalue weighted by atomic mass is 9.89. The molecule has 1 aromatic carbocycles. The van der Waals surface area contributed by atoms with Gasteiger partial charge in [0, 0.05) is 11.4 Å². The lowest BCUT2D eigenvalue weighted by Gasteiger charge is -2.39. The normalized spacial score (nSPS) is 25.7. The third-order valence-corrected chi connectivity index (χ3v) is 7.70. The molecule has 0 radical (unpaired) electrons. The van der Waals surface area contributed by atoms with E-state index in [1.54, 1.807) is 25.6 Å². The molecule has 27 heavy (non-hydrogen) atoms. The summed E-state index contributed by atoms with van der Waals surface area (Å²) >= 11 is 14.2. The maximum atomic E-state index is 13.4. The highest BCUT2D eigenvalue weighted by atomic mass is 35.5. The van der Waals surface area contributed by atoms with Gasteiger partial charge in [-0.3, -0.25) is 4.79 Å². The van der Waals surface area contributed by atoms with Crippen LogP contribution >= 0.6 is 34.5 Å². The largest absolute Gasteiger partial charge is 0.493 e. The Kier molecular flexibility index (Phi) is 4.60. The van der Waals surface area contributed by atoms with E-state index in [1.807, 2.05) is 35.4 Å². The molecule has 7 heteroatoms. The Hall–Kier alpha value is -1.43. The summed E-state index contributed by atoms with van der Waals surface area (Å²) in [6, 6.07) is 7.89. The Bertz CT molecular complexity index is 884. The molecule has 2 aromatic rings. The first-order chi connectivity index (χ1) is 12.8. The molecule has 4 nitrogen and oxygen atoms in total. The maximum absolute atomic E-state index is 13.4. The van der Waals surface area contributed by atoms with Gasteiger partial charge in [-0.2, -0.15) is 0 Å². The standard InChI is InChI=1S/C20H21Cl2NO3S/c1-19(11-20(19,21)22)18(24)23-7-6-12-9-14(25-2)15(26-3)10-13(12)17(23)16-5-4-8-27-16/h4-5,8-10,17H,6-7,11H2,1-3H3.